The van der Waals surface area contributed by atoms with Crippen LogP contribution in [0.15, 0.2) is 78.3 Å². The zero-order valence-corrected chi connectivity index (χ0v) is 19.8. The van der Waals surface area contributed by atoms with Crippen LogP contribution in [0.4, 0.5) is 11.4 Å². The SMILES string of the molecule is Nc1ccc(-c2cccs2)cc1NC(=O)c1ccc(-c2cn(Cc3cccc(C(=O)O)c3)nn2)s1. The fourth-order valence-electron chi connectivity index (χ4n) is 3.52. The number of hydrogen-bond acceptors (Lipinski definition) is 7. The average Bonchev–Trinajstić information content (AvgIpc) is 3.62. The summed E-state index contributed by atoms with van der Waals surface area (Å²) in [5.41, 5.74) is 9.78. The van der Waals surface area contributed by atoms with Crippen LogP contribution in [0.25, 0.3) is 21.0 Å². The Kier molecular flexibility index (Phi) is 6.13. The molecule has 1 amide bonds. The third-order valence-corrected chi connectivity index (χ3v) is 7.27. The van der Waals surface area contributed by atoms with Crippen molar-refractivity contribution >= 4 is 45.9 Å². The number of nitrogens with zero attached hydrogens (tertiary/aromatic N) is 3. The van der Waals surface area contributed by atoms with Crippen molar-refractivity contribution in [2.75, 3.05) is 11.1 Å². The molecule has 0 radical (unpaired) electrons. The standard InChI is InChI=1S/C25H19N5O3S2/c26-18-7-6-16(21-5-2-10-34-21)12-19(18)27-24(31)23-9-8-22(35-23)20-14-30(29-28-20)13-15-3-1-4-17(11-15)25(32)33/h1-12,14H,13,26H2,(H,27,31)(H,32,33). The monoisotopic (exact) mass is 501 g/mol. The third kappa shape index (κ3) is 4.98. The van der Waals surface area contributed by atoms with E-state index in [1.54, 1.807) is 52.5 Å². The minimum absolute atomic E-state index is 0.221. The van der Waals surface area contributed by atoms with Crippen LogP contribution < -0.4 is 11.1 Å². The van der Waals surface area contributed by atoms with E-state index in [-0.39, 0.29) is 11.5 Å². The fourth-order valence-corrected chi connectivity index (χ4v) is 5.10. The number of amides is 1. The van der Waals surface area contributed by atoms with Crippen LogP contribution in [0.1, 0.15) is 25.6 Å². The number of carbonyl (C=O) groups excluding carboxylic acids is 1. The molecule has 0 atom stereocenters. The number of nitrogens with two attached hydrogens (primary N) is 1. The second-order valence-corrected chi connectivity index (χ2v) is 9.74. The van der Waals surface area contributed by atoms with Gasteiger partial charge in [-0.1, -0.05) is 29.5 Å². The van der Waals surface area contributed by atoms with Crippen LogP contribution in [0.3, 0.4) is 0 Å². The lowest BCUT2D eigenvalue weighted by Crippen LogP contribution is -2.11. The number of rotatable bonds is 7. The molecule has 0 unspecified atom stereocenters. The first kappa shape index (κ1) is 22.5. The van der Waals surface area contributed by atoms with E-state index in [4.69, 9.17) is 10.8 Å². The molecule has 10 heteroatoms. The molecular weight excluding hydrogens is 482 g/mol. The van der Waals surface area contributed by atoms with Crippen molar-refractivity contribution in [3.63, 3.8) is 0 Å². The number of aromatic nitrogens is 3. The maximum absolute atomic E-state index is 12.9. The molecule has 0 saturated carbocycles. The molecule has 8 nitrogen and oxygen atoms in total. The van der Waals surface area contributed by atoms with E-state index in [0.29, 0.717) is 28.5 Å². The maximum Gasteiger partial charge on any atom is 0.335 e. The molecule has 5 aromatic rings. The van der Waals surface area contributed by atoms with Gasteiger partial charge in [-0.05, 0) is 59.0 Å². The van der Waals surface area contributed by atoms with Gasteiger partial charge >= 0.3 is 5.97 Å². The number of carbonyl (C=O) groups is 2. The number of benzene rings is 2. The summed E-state index contributed by atoms with van der Waals surface area (Å²) in [4.78, 5) is 26.5. The van der Waals surface area contributed by atoms with Gasteiger partial charge in [0.05, 0.1) is 39.4 Å². The zero-order valence-electron chi connectivity index (χ0n) is 18.2. The van der Waals surface area contributed by atoms with E-state index >= 15 is 0 Å². The van der Waals surface area contributed by atoms with Crippen molar-refractivity contribution in [1.82, 2.24) is 15.0 Å². The van der Waals surface area contributed by atoms with Crippen molar-refractivity contribution in [3.05, 3.63) is 94.3 Å². The lowest BCUT2D eigenvalue weighted by atomic mass is 10.1. The molecule has 0 fully saturated rings. The van der Waals surface area contributed by atoms with Crippen molar-refractivity contribution in [1.29, 1.82) is 0 Å². The second kappa shape index (κ2) is 9.53. The number of anilines is 2. The number of aromatic carboxylic acids is 1. The van der Waals surface area contributed by atoms with E-state index in [2.05, 4.69) is 15.6 Å². The highest BCUT2D eigenvalue weighted by Crippen LogP contribution is 2.32. The molecular formula is C25H19N5O3S2. The summed E-state index contributed by atoms with van der Waals surface area (Å²) >= 11 is 2.92. The van der Waals surface area contributed by atoms with Gasteiger partial charge in [0.2, 0.25) is 0 Å². The molecule has 0 aliphatic carbocycles. The van der Waals surface area contributed by atoms with Gasteiger partial charge in [-0.2, -0.15) is 0 Å². The third-order valence-electron chi connectivity index (χ3n) is 5.25. The van der Waals surface area contributed by atoms with Crippen molar-refractivity contribution in [2.24, 2.45) is 0 Å². The summed E-state index contributed by atoms with van der Waals surface area (Å²) in [6, 6.07) is 19.8. The number of carboxylic acid groups (broad SMARTS) is 1. The van der Waals surface area contributed by atoms with E-state index in [9.17, 15) is 9.59 Å². The molecule has 0 aliphatic heterocycles. The Balaban J connectivity index is 1.30. The molecule has 5 rings (SSSR count). The number of hydrogen-bond donors (Lipinski definition) is 3. The average molecular weight is 502 g/mol. The van der Waals surface area contributed by atoms with Crippen molar-refractivity contribution < 1.29 is 14.7 Å². The summed E-state index contributed by atoms with van der Waals surface area (Å²) < 4.78 is 1.63. The lowest BCUT2D eigenvalue weighted by Gasteiger charge is -2.09. The molecule has 3 heterocycles. The Morgan fingerprint density at radius 2 is 1.91 bits per heavy atom. The molecule has 0 bridgehead atoms. The van der Waals surface area contributed by atoms with Gasteiger partial charge in [0.1, 0.15) is 5.69 Å². The van der Waals surface area contributed by atoms with Crippen LogP contribution >= 0.6 is 22.7 Å². The predicted octanol–water partition coefficient (Wildman–Crippen LogP) is 5.32. The minimum atomic E-state index is -0.976. The van der Waals surface area contributed by atoms with E-state index in [0.717, 1.165) is 20.9 Å². The van der Waals surface area contributed by atoms with E-state index < -0.39 is 5.97 Å². The van der Waals surface area contributed by atoms with Gasteiger partial charge in [0, 0.05) is 4.88 Å². The zero-order chi connectivity index (χ0) is 24.4. The number of nitrogen functional groups attached to an aromatic ring is 1. The first-order valence-electron chi connectivity index (χ1n) is 10.5. The molecule has 0 saturated heterocycles. The van der Waals surface area contributed by atoms with Gasteiger partial charge in [0.25, 0.3) is 5.91 Å². The highest BCUT2D eigenvalue weighted by molar-refractivity contribution is 7.17. The van der Waals surface area contributed by atoms with Gasteiger partial charge in [-0.25, -0.2) is 9.48 Å². The number of nitrogens with one attached hydrogen (secondary N) is 1. The lowest BCUT2D eigenvalue weighted by molar-refractivity contribution is 0.0696. The Bertz CT molecular complexity index is 1520. The molecule has 4 N–H and O–H groups in total. The fraction of sp³-hybridized carbons (Fsp3) is 0.0400. The van der Waals surface area contributed by atoms with E-state index in [1.165, 1.54) is 11.3 Å². The Labute approximate surface area is 208 Å². The van der Waals surface area contributed by atoms with Crippen molar-refractivity contribution in [3.8, 4) is 21.0 Å². The number of carboxylic acids is 1. The first-order chi connectivity index (χ1) is 17.0. The second-order valence-electron chi connectivity index (χ2n) is 7.70. The van der Waals surface area contributed by atoms with E-state index in [1.807, 2.05) is 41.8 Å². The van der Waals surface area contributed by atoms with Crippen molar-refractivity contribution in [2.45, 2.75) is 6.54 Å². The van der Waals surface area contributed by atoms with Gasteiger partial charge in [0.15, 0.2) is 0 Å². The van der Waals surface area contributed by atoms with Crippen LogP contribution in [-0.4, -0.2) is 32.0 Å². The minimum Gasteiger partial charge on any atom is -0.478 e. The topological polar surface area (TPSA) is 123 Å². The largest absolute Gasteiger partial charge is 0.478 e. The highest BCUT2D eigenvalue weighted by Gasteiger charge is 2.15. The summed E-state index contributed by atoms with van der Waals surface area (Å²) in [5, 5.41) is 22.4. The molecule has 0 spiro atoms. The summed E-state index contributed by atoms with van der Waals surface area (Å²) in [6.07, 6.45) is 1.77. The van der Waals surface area contributed by atoms with Crippen LogP contribution in [0.2, 0.25) is 0 Å². The summed E-state index contributed by atoms with van der Waals surface area (Å²) in [7, 11) is 0. The molecule has 0 aliphatic rings. The van der Waals surface area contributed by atoms with Gasteiger partial charge in [-0.15, -0.1) is 27.8 Å². The summed E-state index contributed by atoms with van der Waals surface area (Å²) in [5.74, 6) is -1.23. The Morgan fingerprint density at radius 1 is 1.03 bits per heavy atom. The van der Waals surface area contributed by atoms with Crippen LogP contribution in [-0.2, 0) is 6.54 Å². The predicted molar refractivity (Wildman–Crippen MR) is 138 cm³/mol. The Hall–Kier alpha value is -4.28. The van der Waals surface area contributed by atoms with Gasteiger partial charge < -0.3 is 16.2 Å². The smallest absolute Gasteiger partial charge is 0.335 e. The molecule has 174 valence electrons. The van der Waals surface area contributed by atoms with Gasteiger partial charge in [-0.3, -0.25) is 4.79 Å². The number of thiophene rings is 2. The quantitative estimate of drug-likeness (QED) is 0.260. The molecule has 2 aromatic carbocycles. The Morgan fingerprint density at radius 3 is 2.71 bits per heavy atom. The maximum atomic E-state index is 12.9. The molecule has 35 heavy (non-hydrogen) atoms. The first-order valence-corrected chi connectivity index (χ1v) is 12.2. The van der Waals surface area contributed by atoms with Crippen LogP contribution in [0.5, 0.6) is 0 Å². The summed E-state index contributed by atoms with van der Waals surface area (Å²) in [6.45, 7) is 0.382. The van der Waals surface area contributed by atoms with Crippen LogP contribution in [0, 0.1) is 0 Å². The highest BCUT2D eigenvalue weighted by atomic mass is 32.1. The normalized spacial score (nSPS) is 10.9. The molecule has 3 aromatic heterocycles.